The van der Waals surface area contributed by atoms with Gasteiger partial charge in [-0.25, -0.2) is 4.98 Å². The van der Waals surface area contributed by atoms with E-state index in [0.29, 0.717) is 16.3 Å². The first-order chi connectivity index (χ1) is 15.4. The van der Waals surface area contributed by atoms with Gasteiger partial charge in [0, 0.05) is 22.0 Å². The molecule has 0 aliphatic rings. The van der Waals surface area contributed by atoms with Crippen LogP contribution in [0.25, 0.3) is 10.2 Å². The van der Waals surface area contributed by atoms with Crippen LogP contribution in [0.15, 0.2) is 65.0 Å². The number of thiazole rings is 1. The Morgan fingerprint density at radius 2 is 1.72 bits per heavy atom. The lowest BCUT2D eigenvalue weighted by Gasteiger charge is -2.10. The summed E-state index contributed by atoms with van der Waals surface area (Å²) in [6.07, 6.45) is 0. The highest BCUT2D eigenvalue weighted by molar-refractivity contribution is 8.01. The predicted molar refractivity (Wildman–Crippen MR) is 134 cm³/mol. The molecule has 162 valence electrons. The number of aromatic nitrogens is 1. The van der Waals surface area contributed by atoms with Crippen molar-refractivity contribution < 1.29 is 9.59 Å². The maximum Gasteiger partial charge on any atom is 0.255 e. The number of amides is 2. The molecule has 2 amide bonds. The van der Waals surface area contributed by atoms with Crippen LogP contribution >= 0.6 is 34.7 Å². The molecule has 8 heteroatoms. The Kier molecular flexibility index (Phi) is 6.79. The van der Waals surface area contributed by atoms with E-state index in [1.165, 1.54) is 23.1 Å². The number of hydrogen-bond donors (Lipinski definition) is 2. The summed E-state index contributed by atoms with van der Waals surface area (Å²) >= 11 is 8.77. The van der Waals surface area contributed by atoms with E-state index in [0.717, 1.165) is 31.4 Å². The number of hydrogen-bond acceptors (Lipinski definition) is 5. The fraction of sp³-hybridized carbons (Fsp3) is 0.125. The second-order valence-corrected chi connectivity index (χ2v) is 9.92. The van der Waals surface area contributed by atoms with Crippen molar-refractivity contribution in [1.82, 2.24) is 4.98 Å². The monoisotopic (exact) mass is 481 g/mol. The van der Waals surface area contributed by atoms with Gasteiger partial charge in [-0.15, -0.1) is 11.3 Å². The van der Waals surface area contributed by atoms with Gasteiger partial charge in [0.25, 0.3) is 5.91 Å². The number of benzene rings is 3. The summed E-state index contributed by atoms with van der Waals surface area (Å²) in [7, 11) is 0. The lowest BCUT2D eigenvalue weighted by Crippen LogP contribution is -2.15. The Morgan fingerprint density at radius 1 is 1.00 bits per heavy atom. The van der Waals surface area contributed by atoms with Crippen LogP contribution in [0.4, 0.5) is 11.4 Å². The van der Waals surface area contributed by atoms with Crippen molar-refractivity contribution in [3.05, 3.63) is 82.4 Å². The fourth-order valence-electron chi connectivity index (χ4n) is 3.16. The summed E-state index contributed by atoms with van der Waals surface area (Å²) < 4.78 is 1.74. The first-order valence-electron chi connectivity index (χ1n) is 9.85. The van der Waals surface area contributed by atoms with Crippen molar-refractivity contribution in [3.8, 4) is 0 Å². The first-order valence-corrected chi connectivity index (χ1v) is 12.0. The summed E-state index contributed by atoms with van der Waals surface area (Å²) in [6, 6.07) is 18.2. The summed E-state index contributed by atoms with van der Waals surface area (Å²) in [4.78, 5) is 29.4. The van der Waals surface area contributed by atoms with E-state index in [1.807, 2.05) is 50.2 Å². The molecule has 3 aromatic carbocycles. The average Bonchev–Trinajstić information content (AvgIpc) is 3.17. The molecule has 0 spiro atoms. The molecule has 0 saturated carbocycles. The van der Waals surface area contributed by atoms with Crippen molar-refractivity contribution in [2.45, 2.75) is 18.2 Å². The van der Waals surface area contributed by atoms with Crippen LogP contribution in [0, 0.1) is 13.8 Å². The maximum absolute atomic E-state index is 12.4. The van der Waals surface area contributed by atoms with Gasteiger partial charge in [-0.1, -0.05) is 41.6 Å². The molecule has 0 saturated heterocycles. The molecular weight excluding hydrogens is 462 g/mol. The van der Waals surface area contributed by atoms with Gasteiger partial charge in [-0.2, -0.15) is 0 Å². The standard InChI is InChI=1S/C24H20ClN3O2S2/c1-14-4-3-5-15(2)22(14)28-21(29)13-31-24-27-19-11-10-18(12-20(19)32-24)26-23(30)16-6-8-17(25)9-7-16/h3-12H,13H2,1-2H3,(H,26,30)(H,28,29). The van der Waals surface area contributed by atoms with Crippen LogP contribution in [0.2, 0.25) is 5.02 Å². The average molecular weight is 482 g/mol. The van der Waals surface area contributed by atoms with Crippen LogP contribution in [0.5, 0.6) is 0 Å². The Labute approximate surface area is 199 Å². The smallest absolute Gasteiger partial charge is 0.255 e. The number of carbonyl (C=O) groups excluding carboxylic acids is 2. The number of halogens is 1. The number of thioether (sulfide) groups is 1. The lowest BCUT2D eigenvalue weighted by molar-refractivity contribution is -0.113. The number of carbonyl (C=O) groups is 2. The Balaban J connectivity index is 1.40. The zero-order valence-electron chi connectivity index (χ0n) is 17.4. The molecule has 32 heavy (non-hydrogen) atoms. The molecule has 5 nitrogen and oxygen atoms in total. The number of aryl methyl sites for hydroxylation is 2. The highest BCUT2D eigenvalue weighted by Crippen LogP contribution is 2.31. The van der Waals surface area contributed by atoms with E-state index in [-0.39, 0.29) is 17.6 Å². The highest BCUT2D eigenvalue weighted by Gasteiger charge is 2.12. The fourth-order valence-corrected chi connectivity index (χ4v) is 5.20. The number of rotatable bonds is 6. The number of para-hydroxylation sites is 1. The van der Waals surface area contributed by atoms with Gasteiger partial charge < -0.3 is 10.6 Å². The van der Waals surface area contributed by atoms with Crippen molar-refractivity contribution in [2.24, 2.45) is 0 Å². The molecule has 0 bridgehead atoms. The highest BCUT2D eigenvalue weighted by atomic mass is 35.5. The van der Waals surface area contributed by atoms with Gasteiger partial charge in [-0.05, 0) is 67.4 Å². The zero-order valence-corrected chi connectivity index (χ0v) is 19.8. The second-order valence-electron chi connectivity index (χ2n) is 7.23. The minimum atomic E-state index is -0.205. The molecular formula is C24H20ClN3O2S2. The maximum atomic E-state index is 12.4. The minimum Gasteiger partial charge on any atom is -0.325 e. The van der Waals surface area contributed by atoms with E-state index in [4.69, 9.17) is 11.6 Å². The molecule has 4 aromatic rings. The van der Waals surface area contributed by atoms with Crippen molar-refractivity contribution >= 4 is 68.1 Å². The molecule has 0 radical (unpaired) electrons. The Morgan fingerprint density at radius 3 is 2.44 bits per heavy atom. The predicted octanol–water partition coefficient (Wildman–Crippen LogP) is 6.55. The normalized spacial score (nSPS) is 10.8. The Bertz CT molecular complexity index is 1280. The third-order valence-electron chi connectivity index (χ3n) is 4.81. The van der Waals surface area contributed by atoms with Gasteiger partial charge >= 0.3 is 0 Å². The molecule has 0 aliphatic carbocycles. The third-order valence-corrected chi connectivity index (χ3v) is 7.22. The summed E-state index contributed by atoms with van der Waals surface area (Å²) in [5, 5.41) is 6.47. The zero-order chi connectivity index (χ0) is 22.7. The number of nitrogens with zero attached hydrogens (tertiary/aromatic N) is 1. The van der Waals surface area contributed by atoms with Crippen LogP contribution in [-0.2, 0) is 4.79 Å². The summed E-state index contributed by atoms with van der Waals surface area (Å²) in [5.41, 5.74) is 4.99. The van der Waals surface area contributed by atoms with Crippen molar-refractivity contribution in [2.75, 3.05) is 16.4 Å². The van der Waals surface area contributed by atoms with Gasteiger partial charge in [0.15, 0.2) is 4.34 Å². The SMILES string of the molecule is Cc1cccc(C)c1NC(=O)CSc1nc2ccc(NC(=O)c3ccc(Cl)cc3)cc2s1. The lowest BCUT2D eigenvalue weighted by atomic mass is 10.1. The third kappa shape index (κ3) is 5.30. The summed E-state index contributed by atoms with van der Waals surface area (Å²) in [6.45, 7) is 3.96. The van der Waals surface area contributed by atoms with Gasteiger partial charge in [0.2, 0.25) is 5.91 Å². The van der Waals surface area contributed by atoms with E-state index >= 15 is 0 Å². The van der Waals surface area contributed by atoms with Crippen LogP contribution < -0.4 is 10.6 Å². The van der Waals surface area contributed by atoms with E-state index in [9.17, 15) is 9.59 Å². The molecule has 0 unspecified atom stereocenters. The Hall–Kier alpha value is -2.87. The van der Waals surface area contributed by atoms with Gasteiger partial charge in [0.1, 0.15) is 0 Å². The molecule has 0 aliphatic heterocycles. The number of fused-ring (bicyclic) bond motifs is 1. The molecule has 1 heterocycles. The van der Waals surface area contributed by atoms with Crippen LogP contribution in [0.3, 0.4) is 0 Å². The van der Waals surface area contributed by atoms with Crippen LogP contribution in [0.1, 0.15) is 21.5 Å². The molecule has 1 aromatic heterocycles. The number of anilines is 2. The van der Waals surface area contributed by atoms with Crippen molar-refractivity contribution in [3.63, 3.8) is 0 Å². The largest absolute Gasteiger partial charge is 0.325 e. The van der Waals surface area contributed by atoms with Crippen LogP contribution in [-0.4, -0.2) is 22.6 Å². The summed E-state index contributed by atoms with van der Waals surface area (Å²) in [5.74, 6) is -0.000756. The van der Waals surface area contributed by atoms with E-state index in [1.54, 1.807) is 24.3 Å². The molecule has 2 N–H and O–H groups in total. The van der Waals surface area contributed by atoms with E-state index < -0.39 is 0 Å². The van der Waals surface area contributed by atoms with Crippen molar-refractivity contribution in [1.29, 1.82) is 0 Å². The quantitative estimate of drug-likeness (QED) is 0.306. The van der Waals surface area contributed by atoms with Gasteiger partial charge in [-0.3, -0.25) is 9.59 Å². The first kappa shape index (κ1) is 22.3. The number of nitrogens with one attached hydrogen (secondary N) is 2. The van der Waals surface area contributed by atoms with E-state index in [2.05, 4.69) is 15.6 Å². The minimum absolute atomic E-state index is 0.0671. The topological polar surface area (TPSA) is 71.1 Å². The molecule has 0 fully saturated rings. The van der Waals surface area contributed by atoms with Gasteiger partial charge in [0.05, 0.1) is 16.0 Å². The second kappa shape index (κ2) is 9.73. The molecule has 4 rings (SSSR count). The molecule has 0 atom stereocenters.